The second-order valence-corrected chi connectivity index (χ2v) is 9.69. The molecule has 2 aromatic rings. The molecule has 0 saturated carbocycles. The third-order valence-electron chi connectivity index (χ3n) is 5.74. The Bertz CT molecular complexity index is 878. The summed E-state index contributed by atoms with van der Waals surface area (Å²) in [5.74, 6) is 0.191. The number of nitrogens with one attached hydrogen (secondary N) is 2. The number of amides is 3. The molecule has 2 aliphatic rings. The summed E-state index contributed by atoms with van der Waals surface area (Å²) in [7, 11) is 0. The smallest absolute Gasteiger partial charge is 0.317 e. The molecule has 2 saturated heterocycles. The van der Waals surface area contributed by atoms with Gasteiger partial charge in [-0.25, -0.2) is 9.78 Å². The number of benzene rings is 1. The largest absolute Gasteiger partial charge is 0.371 e. The Balaban J connectivity index is 1.23. The molecule has 1 aromatic heterocycles. The maximum absolute atomic E-state index is 12.7. The van der Waals surface area contributed by atoms with Crippen molar-refractivity contribution in [1.29, 1.82) is 0 Å². The Morgan fingerprint density at radius 2 is 2.13 bits per heavy atom. The minimum Gasteiger partial charge on any atom is -0.371 e. The zero-order valence-electron chi connectivity index (χ0n) is 16.7. The van der Waals surface area contributed by atoms with E-state index in [4.69, 9.17) is 0 Å². The maximum Gasteiger partial charge on any atom is 0.317 e. The Hall–Kier alpha value is -2.13. The Labute approximate surface area is 189 Å². The van der Waals surface area contributed by atoms with E-state index >= 15 is 0 Å². The predicted molar refractivity (Wildman–Crippen MR) is 123 cm³/mol. The van der Waals surface area contributed by atoms with Crippen molar-refractivity contribution in [2.24, 2.45) is 11.8 Å². The fourth-order valence-electron chi connectivity index (χ4n) is 4.12. The highest BCUT2D eigenvalue weighted by Gasteiger charge is 2.30. The lowest BCUT2D eigenvalue weighted by atomic mass is 9.97. The van der Waals surface area contributed by atoms with E-state index in [-0.39, 0.29) is 17.9 Å². The van der Waals surface area contributed by atoms with E-state index in [1.54, 1.807) is 11.1 Å². The molecular weight excluding hydrogens is 466 g/mol. The number of urea groups is 1. The lowest BCUT2D eigenvalue weighted by Gasteiger charge is -2.32. The van der Waals surface area contributed by atoms with E-state index in [0.29, 0.717) is 30.7 Å². The number of carbonyl (C=O) groups excluding carboxylic acids is 2. The number of rotatable bonds is 5. The van der Waals surface area contributed by atoms with Crippen LogP contribution >= 0.6 is 27.3 Å². The molecule has 3 heterocycles. The number of anilines is 2. The monoisotopic (exact) mass is 491 g/mol. The molecule has 160 valence electrons. The molecule has 2 fully saturated rings. The summed E-state index contributed by atoms with van der Waals surface area (Å²) in [5, 5.41) is 8.38. The van der Waals surface area contributed by atoms with Crippen LogP contribution < -0.4 is 15.5 Å². The molecule has 30 heavy (non-hydrogen) atoms. The summed E-state index contributed by atoms with van der Waals surface area (Å²) in [4.78, 5) is 33.4. The molecule has 0 spiro atoms. The van der Waals surface area contributed by atoms with Crippen LogP contribution in [0.2, 0.25) is 0 Å². The van der Waals surface area contributed by atoms with Crippen LogP contribution in [0.3, 0.4) is 0 Å². The normalized spacial score (nSPS) is 21.5. The van der Waals surface area contributed by atoms with Crippen LogP contribution in [0.4, 0.5) is 15.6 Å². The summed E-state index contributed by atoms with van der Waals surface area (Å²) in [5.41, 5.74) is 1.21. The molecule has 7 nitrogen and oxygen atoms in total. The van der Waals surface area contributed by atoms with Gasteiger partial charge in [-0.05, 0) is 43.4 Å². The summed E-state index contributed by atoms with van der Waals surface area (Å²) < 4.78 is 1.08. The van der Waals surface area contributed by atoms with E-state index in [1.807, 2.05) is 17.5 Å². The average Bonchev–Trinajstić information content (AvgIpc) is 3.44. The Kier molecular flexibility index (Phi) is 6.89. The van der Waals surface area contributed by atoms with Gasteiger partial charge in [0.25, 0.3) is 0 Å². The molecule has 2 unspecified atom stereocenters. The molecule has 0 aliphatic carbocycles. The molecule has 2 aliphatic heterocycles. The third kappa shape index (κ3) is 5.31. The third-order valence-corrected chi connectivity index (χ3v) is 6.92. The number of piperidine rings is 1. The van der Waals surface area contributed by atoms with E-state index in [0.717, 1.165) is 36.8 Å². The molecule has 9 heteroatoms. The molecule has 1 aromatic carbocycles. The van der Waals surface area contributed by atoms with E-state index in [9.17, 15) is 9.59 Å². The van der Waals surface area contributed by atoms with Crippen LogP contribution in [0.25, 0.3) is 0 Å². The van der Waals surface area contributed by atoms with Gasteiger partial charge < -0.3 is 20.4 Å². The minimum atomic E-state index is -0.188. The standard InChI is InChI=1S/C21H26BrN5O2S/c22-17-4-1-5-18(11-17)26-9-6-15(13-26)12-24-21(29)27-8-2-3-16(14-27)19(28)25-20-23-7-10-30-20/h1,4-5,7,10-11,15-16H,2-3,6,8-9,12-14H2,(H,24,29)(H,23,25,28). The SMILES string of the molecule is O=C(Nc1nccs1)C1CCCN(C(=O)NCC2CCN(c3cccc(Br)c3)C2)C1. The topological polar surface area (TPSA) is 77.6 Å². The van der Waals surface area contributed by atoms with Gasteiger partial charge in [-0.15, -0.1) is 11.3 Å². The zero-order valence-corrected chi connectivity index (χ0v) is 19.1. The van der Waals surface area contributed by atoms with Crippen molar-refractivity contribution in [3.63, 3.8) is 0 Å². The first kappa shape index (κ1) is 21.1. The summed E-state index contributed by atoms with van der Waals surface area (Å²) in [6, 6.07) is 8.26. The first-order valence-corrected chi connectivity index (χ1v) is 12.0. The number of hydrogen-bond donors (Lipinski definition) is 2. The molecular formula is C21H26BrN5O2S. The first-order valence-electron chi connectivity index (χ1n) is 10.3. The number of likely N-dealkylation sites (tertiary alicyclic amines) is 1. The van der Waals surface area contributed by atoms with Crippen molar-refractivity contribution in [3.05, 3.63) is 40.3 Å². The van der Waals surface area contributed by atoms with Crippen molar-refractivity contribution in [2.75, 3.05) is 42.9 Å². The van der Waals surface area contributed by atoms with Gasteiger partial charge in [-0.1, -0.05) is 22.0 Å². The highest BCUT2D eigenvalue weighted by molar-refractivity contribution is 9.10. The van der Waals surface area contributed by atoms with E-state index in [1.165, 1.54) is 17.0 Å². The zero-order chi connectivity index (χ0) is 20.9. The molecule has 0 bridgehead atoms. The van der Waals surface area contributed by atoms with Gasteiger partial charge in [-0.3, -0.25) is 4.79 Å². The number of carbonyl (C=O) groups is 2. The lowest BCUT2D eigenvalue weighted by Crippen LogP contribution is -2.48. The van der Waals surface area contributed by atoms with Gasteiger partial charge >= 0.3 is 6.03 Å². The van der Waals surface area contributed by atoms with Crippen LogP contribution in [0.5, 0.6) is 0 Å². The van der Waals surface area contributed by atoms with Gasteiger partial charge in [0.1, 0.15) is 0 Å². The fraction of sp³-hybridized carbons (Fsp3) is 0.476. The number of aromatic nitrogens is 1. The second kappa shape index (κ2) is 9.78. The Morgan fingerprint density at radius 1 is 1.23 bits per heavy atom. The summed E-state index contributed by atoms with van der Waals surface area (Å²) >= 11 is 4.93. The van der Waals surface area contributed by atoms with Crippen molar-refractivity contribution in [3.8, 4) is 0 Å². The molecule has 4 rings (SSSR count). The second-order valence-electron chi connectivity index (χ2n) is 7.88. The summed E-state index contributed by atoms with van der Waals surface area (Å²) in [6.07, 6.45) is 4.36. The van der Waals surface area contributed by atoms with Crippen molar-refractivity contribution < 1.29 is 9.59 Å². The summed E-state index contributed by atoms with van der Waals surface area (Å²) in [6.45, 7) is 3.75. The van der Waals surface area contributed by atoms with Gasteiger partial charge in [0.05, 0.1) is 5.92 Å². The van der Waals surface area contributed by atoms with Crippen LogP contribution in [0, 0.1) is 11.8 Å². The Morgan fingerprint density at radius 3 is 2.93 bits per heavy atom. The molecule has 2 N–H and O–H groups in total. The highest BCUT2D eigenvalue weighted by atomic mass is 79.9. The van der Waals surface area contributed by atoms with Gasteiger partial charge in [0.2, 0.25) is 5.91 Å². The molecule has 0 radical (unpaired) electrons. The predicted octanol–water partition coefficient (Wildman–Crippen LogP) is 3.79. The average molecular weight is 492 g/mol. The van der Waals surface area contributed by atoms with Crippen LogP contribution in [-0.2, 0) is 4.79 Å². The molecule has 2 atom stereocenters. The van der Waals surface area contributed by atoms with Gasteiger partial charge in [0, 0.05) is 54.5 Å². The quantitative estimate of drug-likeness (QED) is 0.666. The van der Waals surface area contributed by atoms with Crippen LogP contribution in [0.15, 0.2) is 40.3 Å². The van der Waals surface area contributed by atoms with Gasteiger partial charge in [-0.2, -0.15) is 0 Å². The maximum atomic E-state index is 12.7. The number of thiazole rings is 1. The van der Waals surface area contributed by atoms with E-state index in [2.05, 4.69) is 48.6 Å². The first-order chi connectivity index (χ1) is 14.6. The van der Waals surface area contributed by atoms with Crippen LogP contribution in [0.1, 0.15) is 19.3 Å². The fourth-order valence-corrected chi connectivity index (χ4v) is 5.04. The van der Waals surface area contributed by atoms with Gasteiger partial charge in [0.15, 0.2) is 5.13 Å². The number of hydrogen-bond acceptors (Lipinski definition) is 5. The number of nitrogens with zero attached hydrogens (tertiary/aromatic N) is 3. The van der Waals surface area contributed by atoms with Crippen LogP contribution in [-0.4, -0.2) is 54.5 Å². The lowest BCUT2D eigenvalue weighted by molar-refractivity contribution is -0.121. The molecule has 3 amide bonds. The van der Waals surface area contributed by atoms with Crippen molar-refractivity contribution in [1.82, 2.24) is 15.2 Å². The minimum absolute atomic E-state index is 0.0529. The van der Waals surface area contributed by atoms with Crippen molar-refractivity contribution in [2.45, 2.75) is 19.3 Å². The van der Waals surface area contributed by atoms with Crippen molar-refractivity contribution >= 4 is 50.0 Å². The number of halogens is 1. The van der Waals surface area contributed by atoms with E-state index < -0.39 is 0 Å². The highest BCUT2D eigenvalue weighted by Crippen LogP contribution is 2.26.